The molecule has 9 nitrogen and oxygen atoms in total. The first kappa shape index (κ1) is 15.9. The van der Waals surface area contributed by atoms with Gasteiger partial charge < -0.3 is 15.2 Å². The average Bonchev–Trinajstić information content (AvgIpc) is 3.17. The van der Waals surface area contributed by atoms with Crippen molar-refractivity contribution >= 4 is 17.4 Å². The highest BCUT2D eigenvalue weighted by Gasteiger charge is 2.14. The molecule has 1 amide bonds. The van der Waals surface area contributed by atoms with Crippen molar-refractivity contribution in [1.29, 1.82) is 0 Å². The molecule has 0 bridgehead atoms. The van der Waals surface area contributed by atoms with Crippen molar-refractivity contribution in [2.24, 2.45) is 0 Å². The minimum Gasteiger partial charge on any atom is -0.361 e. The van der Waals surface area contributed by atoms with Gasteiger partial charge in [0.05, 0.1) is 12.2 Å². The predicted molar refractivity (Wildman–Crippen MR) is 86.8 cm³/mol. The van der Waals surface area contributed by atoms with Gasteiger partial charge >= 0.3 is 0 Å². The summed E-state index contributed by atoms with van der Waals surface area (Å²) < 4.78 is 6.81. The van der Waals surface area contributed by atoms with E-state index in [1.807, 2.05) is 19.1 Å². The molecule has 0 aliphatic carbocycles. The number of hydrogen-bond acceptors (Lipinski definition) is 7. The molecule has 24 heavy (non-hydrogen) atoms. The Balaban J connectivity index is 1.86. The first-order valence-electron chi connectivity index (χ1n) is 7.63. The number of nitrogens with one attached hydrogen (secondary N) is 2. The van der Waals surface area contributed by atoms with Crippen molar-refractivity contribution in [1.82, 2.24) is 30.1 Å². The minimum atomic E-state index is -0.388. The molecule has 3 rings (SSSR count). The number of carbonyl (C=O) groups excluding carboxylic acids is 1. The van der Waals surface area contributed by atoms with Gasteiger partial charge in [0.1, 0.15) is 5.82 Å². The predicted octanol–water partition coefficient (Wildman–Crippen LogP) is 1.52. The Morgan fingerprint density at radius 3 is 2.83 bits per heavy atom. The molecule has 0 unspecified atom stereocenters. The number of fused-ring (bicyclic) bond motifs is 1. The molecule has 3 aromatic rings. The highest BCUT2D eigenvalue weighted by atomic mass is 16.5. The molecule has 3 heterocycles. The zero-order valence-electron chi connectivity index (χ0n) is 14.0. The topological polar surface area (TPSA) is 110 Å². The van der Waals surface area contributed by atoms with Crippen molar-refractivity contribution in [2.45, 2.75) is 33.2 Å². The van der Waals surface area contributed by atoms with E-state index in [4.69, 9.17) is 4.52 Å². The van der Waals surface area contributed by atoms with Crippen LogP contribution < -0.4 is 10.6 Å². The van der Waals surface area contributed by atoms with E-state index in [0.29, 0.717) is 5.89 Å². The van der Waals surface area contributed by atoms with Gasteiger partial charge in [0, 0.05) is 24.9 Å². The second-order valence-corrected chi connectivity index (χ2v) is 5.72. The molecule has 0 saturated heterocycles. The van der Waals surface area contributed by atoms with Gasteiger partial charge in [-0.15, -0.1) is 0 Å². The van der Waals surface area contributed by atoms with E-state index >= 15 is 0 Å². The van der Waals surface area contributed by atoms with E-state index in [1.165, 1.54) is 7.05 Å². The maximum atomic E-state index is 11.5. The van der Waals surface area contributed by atoms with E-state index in [9.17, 15) is 4.79 Å². The number of rotatable bonds is 5. The summed E-state index contributed by atoms with van der Waals surface area (Å²) >= 11 is 0. The van der Waals surface area contributed by atoms with Crippen LogP contribution in [0.25, 0.3) is 5.65 Å². The third-order valence-corrected chi connectivity index (χ3v) is 3.48. The number of hydrogen-bond donors (Lipinski definition) is 2. The number of nitrogens with zero attached hydrogens (tertiary/aromatic N) is 5. The molecule has 0 spiro atoms. The van der Waals surface area contributed by atoms with Crippen LogP contribution >= 0.6 is 0 Å². The Bertz CT molecular complexity index is 881. The van der Waals surface area contributed by atoms with Gasteiger partial charge in [-0.3, -0.25) is 4.79 Å². The fraction of sp³-hybridized carbons (Fsp3) is 0.400. The van der Waals surface area contributed by atoms with E-state index in [1.54, 1.807) is 4.52 Å². The van der Waals surface area contributed by atoms with Crippen LogP contribution in [-0.2, 0) is 6.54 Å². The molecule has 0 fully saturated rings. The summed E-state index contributed by atoms with van der Waals surface area (Å²) in [7, 11) is 1.51. The van der Waals surface area contributed by atoms with Gasteiger partial charge in [0.2, 0.25) is 5.89 Å². The van der Waals surface area contributed by atoms with Gasteiger partial charge in [-0.1, -0.05) is 19.0 Å². The molecule has 0 atom stereocenters. The number of carbonyl (C=O) groups is 1. The monoisotopic (exact) mass is 329 g/mol. The zero-order chi connectivity index (χ0) is 17.3. The zero-order valence-corrected chi connectivity index (χ0v) is 14.0. The summed E-state index contributed by atoms with van der Waals surface area (Å²) in [6, 6.07) is 3.87. The molecule has 0 radical (unpaired) electrons. The molecule has 0 aliphatic heterocycles. The largest absolute Gasteiger partial charge is 0.361 e. The molecule has 0 aliphatic rings. The highest BCUT2D eigenvalue weighted by Crippen LogP contribution is 2.20. The van der Waals surface area contributed by atoms with Crippen LogP contribution in [0.5, 0.6) is 0 Å². The summed E-state index contributed by atoms with van der Waals surface area (Å²) in [5.41, 5.74) is 2.62. The van der Waals surface area contributed by atoms with Crippen molar-refractivity contribution in [2.75, 3.05) is 12.4 Å². The van der Waals surface area contributed by atoms with Crippen LogP contribution in [0.2, 0.25) is 0 Å². The quantitative estimate of drug-likeness (QED) is 0.730. The number of aryl methyl sites for hydroxylation is 1. The average molecular weight is 329 g/mol. The highest BCUT2D eigenvalue weighted by molar-refractivity contribution is 5.89. The molecule has 126 valence electrons. The van der Waals surface area contributed by atoms with Gasteiger partial charge in [-0.25, -0.2) is 4.98 Å². The number of amides is 1. The molecule has 9 heteroatoms. The summed E-state index contributed by atoms with van der Waals surface area (Å²) in [6.45, 7) is 6.36. The Labute approximate surface area is 138 Å². The Hall–Kier alpha value is -2.97. The second kappa shape index (κ2) is 6.26. The fourth-order valence-corrected chi connectivity index (χ4v) is 2.23. The lowest BCUT2D eigenvalue weighted by molar-refractivity contribution is 0.0950. The van der Waals surface area contributed by atoms with Crippen molar-refractivity contribution in [3.8, 4) is 0 Å². The van der Waals surface area contributed by atoms with Crippen LogP contribution in [0.1, 0.15) is 47.7 Å². The van der Waals surface area contributed by atoms with E-state index in [2.05, 4.69) is 44.7 Å². The third-order valence-electron chi connectivity index (χ3n) is 3.48. The molecule has 0 aromatic carbocycles. The lowest BCUT2D eigenvalue weighted by Crippen LogP contribution is -2.19. The molecule has 3 aromatic heterocycles. The summed E-state index contributed by atoms with van der Waals surface area (Å²) in [5.74, 6) is 0.993. The SMILES string of the molecule is CNC(=O)c1noc(CNc2cc(C(C)C)nc3cc(C)nn23)n1. The first-order valence-corrected chi connectivity index (χ1v) is 7.63. The second-order valence-electron chi connectivity index (χ2n) is 5.72. The maximum absolute atomic E-state index is 11.5. The lowest BCUT2D eigenvalue weighted by Gasteiger charge is -2.10. The maximum Gasteiger partial charge on any atom is 0.292 e. The van der Waals surface area contributed by atoms with Gasteiger partial charge in [0.25, 0.3) is 11.7 Å². The van der Waals surface area contributed by atoms with Crippen molar-refractivity contribution in [3.05, 3.63) is 35.2 Å². The summed E-state index contributed by atoms with van der Waals surface area (Å²) in [4.78, 5) is 20.1. The van der Waals surface area contributed by atoms with Crippen LogP contribution in [0.15, 0.2) is 16.7 Å². The first-order chi connectivity index (χ1) is 11.5. The van der Waals surface area contributed by atoms with Crippen molar-refractivity contribution in [3.63, 3.8) is 0 Å². The smallest absolute Gasteiger partial charge is 0.292 e. The molecular formula is C15H19N7O2. The Morgan fingerprint density at radius 1 is 1.33 bits per heavy atom. The fourth-order valence-electron chi connectivity index (χ4n) is 2.23. The number of aromatic nitrogens is 5. The van der Waals surface area contributed by atoms with Crippen LogP contribution in [0, 0.1) is 6.92 Å². The minimum absolute atomic E-state index is 0.00646. The van der Waals surface area contributed by atoms with E-state index in [-0.39, 0.29) is 24.2 Å². The molecular weight excluding hydrogens is 310 g/mol. The molecule has 2 N–H and O–H groups in total. The van der Waals surface area contributed by atoms with Crippen LogP contribution in [0.4, 0.5) is 5.82 Å². The van der Waals surface area contributed by atoms with Crippen molar-refractivity contribution < 1.29 is 9.32 Å². The van der Waals surface area contributed by atoms with E-state index in [0.717, 1.165) is 22.9 Å². The van der Waals surface area contributed by atoms with Gasteiger partial charge in [-0.05, 0) is 12.8 Å². The lowest BCUT2D eigenvalue weighted by atomic mass is 10.1. The van der Waals surface area contributed by atoms with E-state index < -0.39 is 0 Å². The molecule has 0 saturated carbocycles. The Kier molecular flexibility index (Phi) is 4.15. The summed E-state index contributed by atoms with van der Waals surface area (Å²) in [5, 5.41) is 13.7. The summed E-state index contributed by atoms with van der Waals surface area (Å²) in [6.07, 6.45) is 0. The van der Waals surface area contributed by atoms with Crippen LogP contribution in [-0.4, -0.2) is 37.7 Å². The number of anilines is 1. The normalized spacial score (nSPS) is 11.2. The van der Waals surface area contributed by atoms with Gasteiger partial charge in [-0.2, -0.15) is 14.6 Å². The third kappa shape index (κ3) is 3.05. The van der Waals surface area contributed by atoms with Crippen LogP contribution in [0.3, 0.4) is 0 Å². The standard InChI is InChI=1S/C15H19N7O2/c1-8(2)10-6-11(22-12(18-10)5-9(3)20-22)17-7-13-19-14(21-24-13)15(23)16-4/h5-6,8,17H,7H2,1-4H3,(H,16,23). The Morgan fingerprint density at radius 2 is 2.12 bits per heavy atom. The van der Waals surface area contributed by atoms with Gasteiger partial charge in [0.15, 0.2) is 5.65 Å².